The summed E-state index contributed by atoms with van der Waals surface area (Å²) in [4.78, 5) is 7.95. The number of nitrogens with two attached hydrogens (primary N) is 1. The molecule has 0 bridgehead atoms. The summed E-state index contributed by atoms with van der Waals surface area (Å²) in [6.07, 6.45) is 11.1. The Labute approximate surface area is 337 Å². The van der Waals surface area contributed by atoms with Gasteiger partial charge in [0, 0.05) is 12.0 Å². The molecular weight excluding hydrogens is 773 g/mol. The van der Waals surface area contributed by atoms with E-state index in [4.69, 9.17) is 21.7 Å². The summed E-state index contributed by atoms with van der Waals surface area (Å²) in [5, 5.41) is 10.3. The van der Waals surface area contributed by atoms with Gasteiger partial charge >= 0.3 is 205 Å². The molecule has 0 aliphatic carbocycles. The van der Waals surface area contributed by atoms with Crippen LogP contribution >= 0.6 is 17.2 Å². The first-order valence-corrected chi connectivity index (χ1v) is 22.5. The minimum Gasteiger partial charge on any atom is -1.00 e. The van der Waals surface area contributed by atoms with Gasteiger partial charge in [-0.2, -0.15) is 4.99 Å². The maximum atomic E-state index is 8.22. The Balaban J connectivity index is 0.00000561. The van der Waals surface area contributed by atoms with Crippen molar-refractivity contribution < 1.29 is 26.7 Å². The van der Waals surface area contributed by atoms with Crippen LogP contribution in [0, 0.1) is 0 Å². The van der Waals surface area contributed by atoms with Gasteiger partial charge in [0.15, 0.2) is 6.17 Å². The van der Waals surface area contributed by atoms with Gasteiger partial charge in [0.1, 0.15) is 0 Å². The van der Waals surface area contributed by atoms with E-state index in [9.17, 15) is 0 Å². The molecule has 1 unspecified atom stereocenters. The molecule has 5 aromatic rings. The minimum atomic E-state index is -3.15. The van der Waals surface area contributed by atoms with Gasteiger partial charge in [-0.15, -0.1) is 0 Å². The molecular formula is C45H54BrClN5OP. The summed E-state index contributed by atoms with van der Waals surface area (Å²) in [5.41, 5.74) is 8.41. The Morgan fingerprint density at radius 3 is 1.65 bits per heavy atom. The fourth-order valence-electron chi connectivity index (χ4n) is 7.29. The van der Waals surface area contributed by atoms with Crippen molar-refractivity contribution in [3.05, 3.63) is 157 Å². The van der Waals surface area contributed by atoms with Crippen molar-refractivity contribution in [3.8, 4) is 5.75 Å². The number of benzene rings is 5. The molecule has 0 saturated heterocycles. The molecule has 1 aliphatic heterocycles. The topological polar surface area (TPSA) is 85.6 Å². The fourth-order valence-corrected chi connectivity index (χ4v) is 13.5. The zero-order chi connectivity index (χ0) is 36.6. The first kappa shape index (κ1) is 41.0. The number of unbranched alkanes of at least 4 members (excludes halogenated alkanes) is 7. The third-order valence-electron chi connectivity index (χ3n) is 10.2. The van der Waals surface area contributed by atoms with Crippen LogP contribution in [-0.4, -0.2) is 31.2 Å². The molecule has 0 amide bonds. The van der Waals surface area contributed by atoms with Gasteiger partial charge in [0.05, 0.1) is 6.54 Å². The van der Waals surface area contributed by atoms with Crippen LogP contribution in [0.4, 0.5) is 0 Å². The van der Waals surface area contributed by atoms with Crippen molar-refractivity contribution in [3.63, 3.8) is 0 Å². The molecule has 0 radical (unpaired) electrons. The summed E-state index contributed by atoms with van der Waals surface area (Å²) in [6.45, 7) is 1.50. The van der Waals surface area contributed by atoms with Crippen LogP contribution in [0.5, 0.6) is 5.75 Å². The smallest absolute Gasteiger partial charge is 0.352 e. The van der Waals surface area contributed by atoms with Gasteiger partial charge in [-0.25, -0.2) is 5.32 Å². The van der Waals surface area contributed by atoms with Gasteiger partial charge in [0.2, 0.25) is 0 Å². The van der Waals surface area contributed by atoms with Gasteiger partial charge in [-0.05, 0) is 29.8 Å². The number of halogens is 2. The molecule has 1 heterocycles. The quantitative estimate of drug-likeness (QED) is 0.0749. The molecule has 5 N–H and O–H groups in total. The van der Waals surface area contributed by atoms with E-state index >= 15 is 0 Å². The van der Waals surface area contributed by atoms with Crippen molar-refractivity contribution in [2.45, 2.75) is 64.0 Å². The SMILES string of the molecule is NC1=NC(c2ccc(OCCCCCCCCCCP(Cl)(c3ccccc3)(c3ccccc3)c3ccccc3)cc2)NC(=[NH+]CCc2ccccc2)N1.[Br-]. The Bertz CT molecular complexity index is 1800. The van der Waals surface area contributed by atoms with E-state index < -0.39 is 5.96 Å². The molecule has 0 saturated carbocycles. The van der Waals surface area contributed by atoms with Crippen LogP contribution in [0.25, 0.3) is 0 Å². The van der Waals surface area contributed by atoms with Crippen molar-refractivity contribution >= 4 is 45.0 Å². The van der Waals surface area contributed by atoms with E-state index in [-0.39, 0.29) is 23.1 Å². The predicted octanol–water partition coefficient (Wildman–Crippen LogP) is 4.06. The molecule has 6 rings (SSSR count). The summed E-state index contributed by atoms with van der Waals surface area (Å²) in [6, 6.07) is 51.0. The Kier molecular flexibility index (Phi) is 15.6. The van der Waals surface area contributed by atoms with Crippen molar-refractivity contribution in [2.24, 2.45) is 10.7 Å². The van der Waals surface area contributed by atoms with Gasteiger partial charge in [-0.1, -0.05) is 30.3 Å². The van der Waals surface area contributed by atoms with Crippen molar-refractivity contribution in [2.75, 3.05) is 19.3 Å². The molecule has 284 valence electrons. The molecule has 9 heteroatoms. The summed E-state index contributed by atoms with van der Waals surface area (Å²) >= 11 is 8.22. The third-order valence-corrected chi connectivity index (χ3v) is 17.7. The van der Waals surface area contributed by atoms with E-state index in [2.05, 4.69) is 148 Å². The van der Waals surface area contributed by atoms with E-state index in [1.807, 2.05) is 18.2 Å². The van der Waals surface area contributed by atoms with E-state index in [0.717, 1.165) is 55.8 Å². The van der Waals surface area contributed by atoms with Gasteiger partial charge in [0.25, 0.3) is 5.96 Å². The monoisotopic (exact) mass is 825 g/mol. The molecule has 1 atom stereocenters. The van der Waals surface area contributed by atoms with Crippen LogP contribution in [0.15, 0.2) is 151 Å². The van der Waals surface area contributed by atoms with Crippen molar-refractivity contribution in [1.82, 2.24) is 10.6 Å². The maximum absolute atomic E-state index is 8.22. The van der Waals surface area contributed by atoms with Crippen LogP contribution < -0.4 is 59.0 Å². The van der Waals surface area contributed by atoms with Crippen LogP contribution in [0.1, 0.15) is 68.7 Å². The number of ether oxygens (including phenoxy) is 1. The second kappa shape index (κ2) is 20.5. The van der Waals surface area contributed by atoms with Gasteiger partial charge in [-0.3, -0.25) is 10.3 Å². The number of hydrogen-bond acceptors (Lipinski definition) is 3. The largest absolute Gasteiger partial charge is 1.00 e. The average molecular weight is 827 g/mol. The molecule has 54 heavy (non-hydrogen) atoms. The zero-order valence-corrected chi connectivity index (χ0v) is 34.3. The Hall–Kier alpha value is -4.16. The first-order chi connectivity index (χ1) is 26.0. The second-order valence-electron chi connectivity index (χ2n) is 13.9. The number of nitrogens with zero attached hydrogens (tertiary/aromatic N) is 1. The summed E-state index contributed by atoms with van der Waals surface area (Å²) in [5.74, 6) is -1.12. The van der Waals surface area contributed by atoms with E-state index in [1.165, 1.54) is 60.0 Å². The first-order valence-electron chi connectivity index (χ1n) is 19.2. The number of guanidine groups is 2. The molecule has 0 aromatic heterocycles. The van der Waals surface area contributed by atoms with E-state index in [1.54, 1.807) is 0 Å². The predicted molar refractivity (Wildman–Crippen MR) is 226 cm³/mol. The Morgan fingerprint density at radius 1 is 0.630 bits per heavy atom. The number of hydrogen-bond donors (Lipinski definition) is 4. The molecule has 0 spiro atoms. The van der Waals surface area contributed by atoms with Crippen LogP contribution in [0.2, 0.25) is 0 Å². The normalized spacial score (nSPS) is 15.5. The number of nitrogens with one attached hydrogen (secondary N) is 3. The number of aliphatic imine (C=N–C) groups is 1. The van der Waals surface area contributed by atoms with Crippen LogP contribution in [0.3, 0.4) is 0 Å². The third kappa shape index (κ3) is 10.5. The zero-order valence-electron chi connectivity index (χ0n) is 31.1. The second-order valence-corrected chi connectivity index (χ2v) is 20.5. The molecule has 5 aromatic carbocycles. The average Bonchev–Trinajstić information content (AvgIpc) is 3.21. The molecule has 6 nitrogen and oxygen atoms in total. The molecule has 0 fully saturated rings. The summed E-state index contributed by atoms with van der Waals surface area (Å²) in [7, 11) is 0. The molecule has 1 aliphatic rings. The van der Waals surface area contributed by atoms with Gasteiger partial charge < -0.3 is 22.7 Å². The standard InChI is InChI=1S/C45H53ClN5OP.BrH/c46-53(40-23-13-8-14-24-40,41-25-15-9-16-26-41,42-27-17-10-18-28-42)36-20-6-4-2-1-3-5-19-35-52-39-31-29-38(30-32-39)43-49-44(47)51-45(50-43)48-34-33-37-21-11-7-12-22-37;/h7-18,21-32,43H,1-6,19-20,33-36H2,(H4,47,48,49,50,51);1H. The fraction of sp³-hybridized carbons (Fsp3) is 0.289. The van der Waals surface area contributed by atoms with Crippen LogP contribution in [-0.2, 0) is 6.42 Å². The van der Waals surface area contributed by atoms with E-state index in [0.29, 0.717) is 5.96 Å². The van der Waals surface area contributed by atoms with Crippen molar-refractivity contribution in [1.29, 1.82) is 0 Å². The Morgan fingerprint density at radius 2 is 1.11 bits per heavy atom. The maximum Gasteiger partial charge on any atom is 0.352 e. The number of rotatable bonds is 19. The summed E-state index contributed by atoms with van der Waals surface area (Å²) < 4.78 is 6.08. The minimum absolute atomic E-state index is 0.